The van der Waals surface area contributed by atoms with Crippen LogP contribution in [0.5, 0.6) is 0 Å². The Morgan fingerprint density at radius 3 is 3.11 bits per heavy atom. The van der Waals surface area contributed by atoms with Crippen LogP contribution in [0.3, 0.4) is 0 Å². The summed E-state index contributed by atoms with van der Waals surface area (Å²) in [6, 6.07) is 5.78. The Hall–Kier alpha value is -1.60. The van der Waals surface area contributed by atoms with Gasteiger partial charge in [-0.05, 0) is 31.4 Å². The number of piperidine rings is 1. The first-order valence-corrected chi connectivity index (χ1v) is 6.56. The molecule has 0 radical (unpaired) electrons. The van der Waals surface area contributed by atoms with E-state index < -0.39 is 0 Å². The van der Waals surface area contributed by atoms with E-state index in [-0.39, 0.29) is 0 Å². The lowest BCUT2D eigenvalue weighted by Crippen LogP contribution is -2.39. The molecule has 1 aromatic rings. The molecule has 0 aliphatic carbocycles. The Morgan fingerprint density at radius 1 is 1.56 bits per heavy atom. The van der Waals surface area contributed by atoms with Crippen molar-refractivity contribution in [3.63, 3.8) is 0 Å². The summed E-state index contributed by atoms with van der Waals surface area (Å²) in [5.41, 5.74) is 1.55. The van der Waals surface area contributed by atoms with Crippen molar-refractivity contribution < 1.29 is 4.74 Å². The fourth-order valence-corrected chi connectivity index (χ4v) is 2.23. The number of rotatable bonds is 4. The Labute approximate surface area is 108 Å². The molecule has 18 heavy (non-hydrogen) atoms. The Morgan fingerprint density at radius 2 is 2.44 bits per heavy atom. The van der Waals surface area contributed by atoms with E-state index in [2.05, 4.69) is 16.8 Å². The molecule has 0 N–H and O–H groups in total. The number of nitriles is 1. The standard InChI is InChI=1S/C14H19N3O/c1-2-8-18-14-4-3-7-17(11-14)13-6-5-12(9-15)16-10-13/h5-6,10,14H,2-4,7-8,11H2,1H3. The van der Waals surface area contributed by atoms with Crippen molar-refractivity contribution in [1.29, 1.82) is 5.26 Å². The van der Waals surface area contributed by atoms with Crippen LogP contribution in [0.15, 0.2) is 18.3 Å². The number of hydrogen-bond acceptors (Lipinski definition) is 4. The summed E-state index contributed by atoms with van der Waals surface area (Å²) < 4.78 is 5.81. The number of nitrogens with zero attached hydrogens (tertiary/aromatic N) is 3. The highest BCUT2D eigenvalue weighted by Gasteiger charge is 2.20. The van der Waals surface area contributed by atoms with Crippen LogP contribution < -0.4 is 4.90 Å². The van der Waals surface area contributed by atoms with Crippen LogP contribution in [0.2, 0.25) is 0 Å². The van der Waals surface area contributed by atoms with Crippen molar-refractivity contribution in [2.24, 2.45) is 0 Å². The lowest BCUT2D eigenvalue weighted by atomic mass is 10.1. The average molecular weight is 245 g/mol. The Balaban J connectivity index is 1.97. The van der Waals surface area contributed by atoms with Gasteiger partial charge >= 0.3 is 0 Å². The van der Waals surface area contributed by atoms with Crippen LogP contribution in [0, 0.1) is 11.3 Å². The molecule has 0 bridgehead atoms. The number of ether oxygens (including phenoxy) is 1. The van der Waals surface area contributed by atoms with Crippen molar-refractivity contribution >= 4 is 5.69 Å². The average Bonchev–Trinajstić information content (AvgIpc) is 2.45. The van der Waals surface area contributed by atoms with Crippen molar-refractivity contribution in [2.75, 3.05) is 24.6 Å². The minimum atomic E-state index is 0.328. The van der Waals surface area contributed by atoms with Crippen LogP contribution in [0.1, 0.15) is 31.9 Å². The lowest BCUT2D eigenvalue weighted by Gasteiger charge is -2.34. The predicted molar refractivity (Wildman–Crippen MR) is 70.4 cm³/mol. The smallest absolute Gasteiger partial charge is 0.140 e. The minimum absolute atomic E-state index is 0.328. The van der Waals surface area contributed by atoms with Gasteiger partial charge in [-0.3, -0.25) is 0 Å². The summed E-state index contributed by atoms with van der Waals surface area (Å²) in [4.78, 5) is 6.41. The van der Waals surface area contributed by atoms with Crippen LogP contribution in [-0.4, -0.2) is 30.8 Å². The van der Waals surface area contributed by atoms with Crippen molar-refractivity contribution in [3.05, 3.63) is 24.0 Å². The molecular formula is C14H19N3O. The molecule has 1 aromatic heterocycles. The molecule has 0 amide bonds. The van der Waals surface area contributed by atoms with Crippen molar-refractivity contribution in [2.45, 2.75) is 32.3 Å². The topological polar surface area (TPSA) is 49.1 Å². The molecule has 1 fully saturated rings. The van der Waals surface area contributed by atoms with Gasteiger partial charge in [0.15, 0.2) is 0 Å². The number of hydrogen-bond donors (Lipinski definition) is 0. The van der Waals surface area contributed by atoms with Gasteiger partial charge in [-0.25, -0.2) is 4.98 Å². The fourth-order valence-electron chi connectivity index (χ4n) is 2.23. The predicted octanol–water partition coefficient (Wildman–Crippen LogP) is 2.35. The first kappa shape index (κ1) is 12.8. The van der Waals surface area contributed by atoms with Gasteiger partial charge in [0.1, 0.15) is 11.8 Å². The second kappa shape index (κ2) is 6.36. The van der Waals surface area contributed by atoms with Crippen LogP contribution >= 0.6 is 0 Å². The first-order chi connectivity index (χ1) is 8.83. The molecular weight excluding hydrogens is 226 g/mol. The largest absolute Gasteiger partial charge is 0.376 e. The summed E-state index contributed by atoms with van der Waals surface area (Å²) in [6.45, 7) is 4.93. The lowest BCUT2D eigenvalue weighted by molar-refractivity contribution is 0.0440. The molecule has 1 unspecified atom stereocenters. The summed E-state index contributed by atoms with van der Waals surface area (Å²) in [7, 11) is 0. The molecule has 1 atom stereocenters. The molecule has 1 saturated heterocycles. The van der Waals surface area contributed by atoms with Crippen LogP contribution in [-0.2, 0) is 4.74 Å². The molecule has 1 aliphatic heterocycles. The van der Waals surface area contributed by atoms with E-state index in [1.807, 2.05) is 12.1 Å². The van der Waals surface area contributed by atoms with E-state index in [1.165, 1.54) is 0 Å². The monoisotopic (exact) mass is 245 g/mol. The van der Waals surface area contributed by atoms with Gasteiger partial charge in [0.25, 0.3) is 0 Å². The second-order valence-corrected chi connectivity index (χ2v) is 4.59. The first-order valence-electron chi connectivity index (χ1n) is 6.56. The van der Waals surface area contributed by atoms with Gasteiger partial charge < -0.3 is 9.64 Å². The summed E-state index contributed by atoms with van der Waals surface area (Å²) in [5.74, 6) is 0. The number of aromatic nitrogens is 1. The zero-order valence-corrected chi connectivity index (χ0v) is 10.8. The Kier molecular flexibility index (Phi) is 4.54. The fraction of sp³-hybridized carbons (Fsp3) is 0.571. The third kappa shape index (κ3) is 3.21. The quantitative estimate of drug-likeness (QED) is 0.817. The number of anilines is 1. The third-order valence-corrected chi connectivity index (χ3v) is 3.16. The normalized spacial score (nSPS) is 19.6. The van der Waals surface area contributed by atoms with E-state index in [4.69, 9.17) is 10.00 Å². The molecule has 1 aliphatic rings. The zero-order chi connectivity index (χ0) is 12.8. The molecule has 2 heterocycles. The van der Waals surface area contributed by atoms with E-state index in [9.17, 15) is 0 Å². The minimum Gasteiger partial charge on any atom is -0.376 e. The zero-order valence-electron chi connectivity index (χ0n) is 10.8. The van der Waals surface area contributed by atoms with Crippen LogP contribution in [0.25, 0.3) is 0 Å². The maximum Gasteiger partial charge on any atom is 0.140 e. The van der Waals surface area contributed by atoms with Crippen molar-refractivity contribution in [1.82, 2.24) is 4.98 Å². The second-order valence-electron chi connectivity index (χ2n) is 4.59. The van der Waals surface area contributed by atoms with Gasteiger partial charge in [-0.2, -0.15) is 5.26 Å². The highest BCUT2D eigenvalue weighted by molar-refractivity contribution is 5.46. The van der Waals surface area contributed by atoms with E-state index in [0.29, 0.717) is 11.8 Å². The number of pyridine rings is 1. The maximum absolute atomic E-state index is 8.73. The van der Waals surface area contributed by atoms with Gasteiger partial charge in [-0.1, -0.05) is 6.92 Å². The summed E-state index contributed by atoms with van der Waals surface area (Å²) >= 11 is 0. The highest BCUT2D eigenvalue weighted by Crippen LogP contribution is 2.20. The summed E-state index contributed by atoms with van der Waals surface area (Å²) in [5, 5.41) is 8.73. The molecule has 0 saturated carbocycles. The van der Waals surface area contributed by atoms with E-state index in [1.54, 1.807) is 12.3 Å². The van der Waals surface area contributed by atoms with E-state index in [0.717, 1.165) is 44.6 Å². The molecule has 4 nitrogen and oxygen atoms in total. The maximum atomic E-state index is 8.73. The van der Waals surface area contributed by atoms with Gasteiger partial charge in [0, 0.05) is 19.7 Å². The van der Waals surface area contributed by atoms with Gasteiger partial charge in [-0.15, -0.1) is 0 Å². The molecule has 0 aromatic carbocycles. The third-order valence-electron chi connectivity index (χ3n) is 3.16. The highest BCUT2D eigenvalue weighted by atomic mass is 16.5. The Bertz CT molecular complexity index is 410. The van der Waals surface area contributed by atoms with E-state index >= 15 is 0 Å². The molecule has 0 spiro atoms. The van der Waals surface area contributed by atoms with Crippen molar-refractivity contribution in [3.8, 4) is 6.07 Å². The molecule has 4 heteroatoms. The van der Waals surface area contributed by atoms with Gasteiger partial charge in [0.05, 0.1) is 18.0 Å². The molecule has 96 valence electrons. The summed E-state index contributed by atoms with van der Waals surface area (Å²) in [6.07, 6.45) is 5.46. The molecule has 2 rings (SSSR count). The SMILES string of the molecule is CCCOC1CCCN(c2ccc(C#N)nc2)C1. The van der Waals surface area contributed by atoms with Gasteiger partial charge in [0.2, 0.25) is 0 Å². The van der Waals surface area contributed by atoms with Crippen LogP contribution in [0.4, 0.5) is 5.69 Å².